The van der Waals surface area contributed by atoms with E-state index >= 15 is 0 Å². The first-order valence-electron chi connectivity index (χ1n) is 8.53. The monoisotopic (exact) mass is 396 g/mol. The van der Waals surface area contributed by atoms with Crippen LogP contribution in [0, 0.1) is 13.8 Å². The van der Waals surface area contributed by atoms with E-state index < -0.39 is 5.91 Å². The third kappa shape index (κ3) is 5.17. The van der Waals surface area contributed by atoms with Crippen LogP contribution in [0.15, 0.2) is 41.2 Å². The second-order valence-corrected chi connectivity index (χ2v) is 7.01. The number of aromatic amines is 1. The van der Waals surface area contributed by atoms with Gasteiger partial charge in [0.2, 0.25) is 5.95 Å². The summed E-state index contributed by atoms with van der Waals surface area (Å²) in [4.78, 5) is 39.6. The summed E-state index contributed by atoms with van der Waals surface area (Å²) in [5.41, 5.74) is 2.87. The number of hydrogen-bond acceptors (Lipinski definition) is 7. The quantitative estimate of drug-likeness (QED) is 0.587. The molecule has 0 atom stereocenters. The van der Waals surface area contributed by atoms with Gasteiger partial charge in [-0.2, -0.15) is 11.8 Å². The lowest BCUT2D eigenvalue weighted by Crippen LogP contribution is -2.20. The Bertz CT molecular complexity index is 1030. The van der Waals surface area contributed by atoms with Gasteiger partial charge >= 0.3 is 0 Å². The highest BCUT2D eigenvalue weighted by atomic mass is 32.2. The summed E-state index contributed by atoms with van der Waals surface area (Å²) in [5, 5.41) is 5.88. The van der Waals surface area contributed by atoms with Gasteiger partial charge in [-0.05, 0) is 50.4 Å². The molecule has 0 aliphatic heterocycles. The summed E-state index contributed by atoms with van der Waals surface area (Å²) in [5.74, 6) is 1.07. The van der Waals surface area contributed by atoms with Gasteiger partial charge in [-0.15, -0.1) is 0 Å². The Balaban J connectivity index is 1.70. The molecule has 0 radical (unpaired) electrons. The third-order valence-electron chi connectivity index (χ3n) is 3.69. The number of amides is 1. The van der Waals surface area contributed by atoms with E-state index in [1.54, 1.807) is 24.3 Å². The van der Waals surface area contributed by atoms with Crippen LogP contribution in [0.2, 0.25) is 0 Å². The highest BCUT2D eigenvalue weighted by Crippen LogP contribution is 2.17. The third-order valence-corrected chi connectivity index (χ3v) is 4.25. The van der Waals surface area contributed by atoms with Crippen molar-refractivity contribution in [1.29, 1.82) is 0 Å². The Morgan fingerprint density at radius 3 is 2.32 bits per heavy atom. The Morgan fingerprint density at radius 1 is 1.04 bits per heavy atom. The number of aryl methyl sites for hydroxylation is 2. The predicted octanol–water partition coefficient (Wildman–Crippen LogP) is 3.04. The van der Waals surface area contributed by atoms with Gasteiger partial charge in [-0.1, -0.05) is 0 Å². The number of carbonyl (C=O) groups is 1. The number of anilines is 3. The molecule has 28 heavy (non-hydrogen) atoms. The van der Waals surface area contributed by atoms with Crippen molar-refractivity contribution in [2.75, 3.05) is 16.9 Å². The molecule has 0 fully saturated rings. The van der Waals surface area contributed by atoms with Crippen molar-refractivity contribution in [3.8, 4) is 0 Å². The number of aromatic nitrogens is 4. The van der Waals surface area contributed by atoms with Gasteiger partial charge in [-0.3, -0.25) is 9.59 Å². The highest BCUT2D eigenvalue weighted by Gasteiger charge is 2.11. The standard InChI is InChI=1S/C19H20N6O2S/c1-11-8-12(2)21-19(20-11)23-14-6-4-13(5-7-14)22-18(27)15-9-17(26)25-16(24-15)10-28-3/h4-9H,10H2,1-3H3,(H,22,27)(H,20,21,23)(H,24,25,26). The maximum atomic E-state index is 12.4. The molecule has 3 rings (SSSR count). The van der Waals surface area contributed by atoms with Crippen LogP contribution in [-0.2, 0) is 5.75 Å². The van der Waals surface area contributed by atoms with Crippen LogP contribution in [0.3, 0.4) is 0 Å². The average molecular weight is 396 g/mol. The second kappa shape index (κ2) is 8.66. The van der Waals surface area contributed by atoms with E-state index in [9.17, 15) is 9.59 Å². The number of carbonyl (C=O) groups excluding carboxylic acids is 1. The van der Waals surface area contributed by atoms with Crippen molar-refractivity contribution in [3.05, 3.63) is 69.7 Å². The normalized spacial score (nSPS) is 10.5. The minimum absolute atomic E-state index is 0.0821. The molecular formula is C19H20N6O2S. The fourth-order valence-electron chi connectivity index (χ4n) is 2.57. The molecule has 1 aromatic carbocycles. The minimum atomic E-state index is -0.438. The molecule has 2 heterocycles. The lowest BCUT2D eigenvalue weighted by molar-refractivity contribution is 0.102. The first kappa shape index (κ1) is 19.6. The molecule has 9 heteroatoms. The minimum Gasteiger partial charge on any atom is -0.324 e. The molecule has 3 aromatic rings. The SMILES string of the molecule is CSCc1nc(C(=O)Nc2ccc(Nc3nc(C)cc(C)n3)cc2)cc(=O)[nH]1. The summed E-state index contributed by atoms with van der Waals surface area (Å²) < 4.78 is 0. The molecule has 0 unspecified atom stereocenters. The van der Waals surface area contributed by atoms with E-state index in [0.717, 1.165) is 17.1 Å². The van der Waals surface area contributed by atoms with Crippen molar-refractivity contribution in [2.24, 2.45) is 0 Å². The Morgan fingerprint density at radius 2 is 1.68 bits per heavy atom. The van der Waals surface area contributed by atoms with Crippen LogP contribution in [0.25, 0.3) is 0 Å². The van der Waals surface area contributed by atoms with E-state index in [1.165, 1.54) is 17.8 Å². The van der Waals surface area contributed by atoms with Gasteiger partial charge in [-0.25, -0.2) is 15.0 Å². The molecular weight excluding hydrogens is 376 g/mol. The lowest BCUT2D eigenvalue weighted by Gasteiger charge is -2.09. The van der Waals surface area contributed by atoms with Crippen LogP contribution in [0.1, 0.15) is 27.7 Å². The zero-order valence-electron chi connectivity index (χ0n) is 15.7. The number of rotatable bonds is 6. The van der Waals surface area contributed by atoms with Crippen LogP contribution >= 0.6 is 11.8 Å². The highest BCUT2D eigenvalue weighted by molar-refractivity contribution is 7.97. The molecule has 0 saturated carbocycles. The van der Waals surface area contributed by atoms with E-state index in [0.29, 0.717) is 23.2 Å². The lowest BCUT2D eigenvalue weighted by atomic mass is 10.2. The van der Waals surface area contributed by atoms with Crippen LogP contribution < -0.4 is 16.2 Å². The molecule has 0 bridgehead atoms. The molecule has 0 saturated heterocycles. The number of benzene rings is 1. The van der Waals surface area contributed by atoms with Gasteiger partial charge in [0.05, 0.1) is 5.75 Å². The van der Waals surface area contributed by atoms with Gasteiger partial charge in [0.25, 0.3) is 11.5 Å². The number of nitrogens with zero attached hydrogens (tertiary/aromatic N) is 3. The fraction of sp³-hybridized carbons (Fsp3) is 0.211. The van der Waals surface area contributed by atoms with E-state index in [4.69, 9.17) is 0 Å². The number of H-pyrrole nitrogens is 1. The summed E-state index contributed by atoms with van der Waals surface area (Å²) >= 11 is 1.51. The molecule has 0 aliphatic carbocycles. The van der Waals surface area contributed by atoms with Crippen molar-refractivity contribution in [1.82, 2.24) is 19.9 Å². The van der Waals surface area contributed by atoms with Crippen LogP contribution in [0.5, 0.6) is 0 Å². The van der Waals surface area contributed by atoms with Crippen LogP contribution in [-0.4, -0.2) is 32.1 Å². The summed E-state index contributed by atoms with van der Waals surface area (Å²) in [6, 6.07) is 10.2. The molecule has 0 spiro atoms. The number of nitrogens with one attached hydrogen (secondary N) is 3. The van der Waals surface area contributed by atoms with Gasteiger partial charge in [0.1, 0.15) is 11.5 Å². The smallest absolute Gasteiger partial charge is 0.274 e. The van der Waals surface area contributed by atoms with Crippen molar-refractivity contribution in [3.63, 3.8) is 0 Å². The average Bonchev–Trinajstić information content (AvgIpc) is 2.62. The fourth-order valence-corrected chi connectivity index (χ4v) is 2.98. The largest absolute Gasteiger partial charge is 0.324 e. The van der Waals surface area contributed by atoms with Gasteiger partial charge in [0, 0.05) is 28.8 Å². The zero-order valence-corrected chi connectivity index (χ0v) is 16.6. The summed E-state index contributed by atoms with van der Waals surface area (Å²) in [6.45, 7) is 3.82. The Labute approximate surface area is 166 Å². The molecule has 144 valence electrons. The van der Waals surface area contributed by atoms with E-state index in [1.807, 2.05) is 26.2 Å². The summed E-state index contributed by atoms with van der Waals surface area (Å²) in [6.07, 6.45) is 1.89. The second-order valence-electron chi connectivity index (χ2n) is 6.14. The number of thioether (sulfide) groups is 1. The molecule has 2 aromatic heterocycles. The predicted molar refractivity (Wildman–Crippen MR) is 111 cm³/mol. The Hall–Kier alpha value is -3.20. The van der Waals surface area contributed by atoms with Crippen molar-refractivity contribution in [2.45, 2.75) is 19.6 Å². The Kier molecular flexibility index (Phi) is 6.05. The van der Waals surface area contributed by atoms with Crippen molar-refractivity contribution >= 4 is 35.0 Å². The zero-order chi connectivity index (χ0) is 20.1. The first-order valence-corrected chi connectivity index (χ1v) is 9.92. The molecule has 8 nitrogen and oxygen atoms in total. The van der Waals surface area contributed by atoms with E-state index in [2.05, 4.69) is 30.6 Å². The van der Waals surface area contributed by atoms with Crippen molar-refractivity contribution < 1.29 is 4.79 Å². The number of hydrogen-bond donors (Lipinski definition) is 3. The molecule has 0 aliphatic rings. The first-order chi connectivity index (χ1) is 13.4. The van der Waals surface area contributed by atoms with Gasteiger partial charge in [0.15, 0.2) is 0 Å². The molecule has 1 amide bonds. The molecule has 3 N–H and O–H groups in total. The maximum absolute atomic E-state index is 12.4. The topological polar surface area (TPSA) is 113 Å². The van der Waals surface area contributed by atoms with Crippen LogP contribution in [0.4, 0.5) is 17.3 Å². The maximum Gasteiger partial charge on any atom is 0.274 e. The van der Waals surface area contributed by atoms with E-state index in [-0.39, 0.29) is 11.3 Å². The summed E-state index contributed by atoms with van der Waals surface area (Å²) in [7, 11) is 0. The van der Waals surface area contributed by atoms with Gasteiger partial charge < -0.3 is 15.6 Å².